The van der Waals surface area contributed by atoms with Crippen LogP contribution in [0.4, 0.5) is 16.3 Å². The van der Waals surface area contributed by atoms with Gasteiger partial charge in [0.15, 0.2) is 6.10 Å². The molecular weight excluding hydrogens is 418 g/mol. The number of carbonyl (C=O) groups excluding carboxylic acids is 2. The number of urea groups is 1. The molecule has 2 aliphatic rings. The van der Waals surface area contributed by atoms with E-state index in [2.05, 4.69) is 15.7 Å². The Morgan fingerprint density at radius 2 is 1.76 bits per heavy atom. The fourth-order valence-corrected chi connectivity index (χ4v) is 4.54. The number of nitrogens with one attached hydrogen (secondary N) is 2. The zero-order valence-electron chi connectivity index (χ0n) is 18.5. The van der Waals surface area contributed by atoms with Crippen molar-refractivity contribution in [3.05, 3.63) is 71.9 Å². The molecule has 5 rings (SSSR count). The maximum atomic E-state index is 13.0. The first-order chi connectivity index (χ1) is 16.1. The number of fused-ring (bicyclic) bond motifs is 1. The van der Waals surface area contributed by atoms with E-state index in [-0.39, 0.29) is 18.0 Å². The van der Waals surface area contributed by atoms with Crippen molar-refractivity contribution in [3.63, 3.8) is 0 Å². The second-order valence-electron chi connectivity index (χ2n) is 8.53. The number of para-hydroxylation sites is 2. The topological polar surface area (TPSA) is 88.5 Å². The molecular formula is C25H27N5O3. The molecule has 0 radical (unpaired) electrons. The van der Waals surface area contributed by atoms with E-state index >= 15 is 0 Å². The summed E-state index contributed by atoms with van der Waals surface area (Å²) in [6, 6.07) is 17.0. The number of benzene rings is 2. The van der Waals surface area contributed by atoms with Crippen LogP contribution in [-0.4, -0.2) is 45.8 Å². The number of hydrogen-bond acceptors (Lipinski definition) is 4. The smallest absolute Gasteiger partial charge is 0.324 e. The predicted octanol–water partition coefficient (Wildman–Crippen LogP) is 4.00. The average Bonchev–Trinajstić information content (AvgIpc) is 3.47. The molecule has 1 unspecified atom stereocenters. The second-order valence-corrected chi connectivity index (χ2v) is 8.53. The highest BCUT2D eigenvalue weighted by Gasteiger charge is 2.34. The van der Waals surface area contributed by atoms with Gasteiger partial charge >= 0.3 is 6.03 Å². The number of anilines is 2. The van der Waals surface area contributed by atoms with E-state index in [0.29, 0.717) is 25.3 Å². The number of aromatic nitrogens is 2. The van der Waals surface area contributed by atoms with Crippen molar-refractivity contribution in [2.75, 3.05) is 23.7 Å². The third kappa shape index (κ3) is 4.41. The van der Waals surface area contributed by atoms with Crippen molar-refractivity contribution in [1.29, 1.82) is 0 Å². The highest BCUT2D eigenvalue weighted by Crippen LogP contribution is 2.31. The Kier molecular flexibility index (Phi) is 5.73. The molecule has 1 atom stereocenters. The number of likely N-dealkylation sites (tertiary alicyclic amines) is 1. The van der Waals surface area contributed by atoms with Crippen LogP contribution in [0.1, 0.15) is 30.0 Å². The highest BCUT2D eigenvalue weighted by atomic mass is 16.5. The number of aryl methyl sites for hydroxylation is 1. The van der Waals surface area contributed by atoms with E-state index in [1.807, 2.05) is 65.0 Å². The molecule has 2 N–H and O–H groups in total. The van der Waals surface area contributed by atoms with Crippen molar-refractivity contribution in [2.45, 2.75) is 38.3 Å². The molecule has 3 heterocycles. The summed E-state index contributed by atoms with van der Waals surface area (Å²) in [5.41, 5.74) is 2.85. The predicted molar refractivity (Wildman–Crippen MR) is 125 cm³/mol. The lowest BCUT2D eigenvalue weighted by Gasteiger charge is -2.33. The number of rotatable bonds is 4. The molecule has 2 aromatic carbocycles. The van der Waals surface area contributed by atoms with Gasteiger partial charge in [0.2, 0.25) is 0 Å². The van der Waals surface area contributed by atoms with E-state index in [0.717, 1.165) is 35.4 Å². The molecule has 3 aromatic rings. The van der Waals surface area contributed by atoms with E-state index in [1.165, 1.54) is 0 Å². The van der Waals surface area contributed by atoms with Crippen molar-refractivity contribution < 1.29 is 14.3 Å². The molecule has 1 aromatic heterocycles. The van der Waals surface area contributed by atoms with Crippen LogP contribution in [0.15, 0.2) is 60.8 Å². The first-order valence-corrected chi connectivity index (χ1v) is 11.3. The number of amides is 3. The second kappa shape index (κ2) is 8.97. The summed E-state index contributed by atoms with van der Waals surface area (Å²) >= 11 is 0. The zero-order valence-corrected chi connectivity index (χ0v) is 18.5. The lowest BCUT2D eigenvalue weighted by Crippen LogP contribution is -2.45. The Bertz CT molecular complexity index is 1140. The third-order valence-electron chi connectivity index (χ3n) is 6.35. The summed E-state index contributed by atoms with van der Waals surface area (Å²) in [5, 5.41) is 10.2. The summed E-state index contributed by atoms with van der Waals surface area (Å²) in [6.07, 6.45) is 3.40. The lowest BCUT2D eigenvalue weighted by atomic mass is 10.0. The van der Waals surface area contributed by atoms with Gasteiger partial charge in [0, 0.05) is 31.3 Å². The van der Waals surface area contributed by atoms with Gasteiger partial charge in [-0.15, -0.1) is 0 Å². The van der Waals surface area contributed by atoms with Gasteiger partial charge in [0.25, 0.3) is 5.91 Å². The van der Waals surface area contributed by atoms with E-state index in [9.17, 15) is 9.59 Å². The highest BCUT2D eigenvalue weighted by molar-refractivity contribution is 5.99. The van der Waals surface area contributed by atoms with Gasteiger partial charge in [0.05, 0.1) is 12.2 Å². The first-order valence-electron chi connectivity index (χ1n) is 11.3. The van der Waals surface area contributed by atoms with Crippen molar-refractivity contribution in [3.8, 4) is 5.75 Å². The standard InChI is InChI=1S/C25H27N5O3/c1-17-6-2-4-8-20(17)27-25(32)28-23-10-13-26-30(23)19-11-14-29(15-12-19)24(31)22-16-18-7-3-5-9-21(18)33-22/h2-10,13,19,22H,11-12,14-16H2,1H3,(H2,27,28,32). The maximum Gasteiger partial charge on any atom is 0.324 e. The normalized spacial score (nSPS) is 17.8. The van der Waals surface area contributed by atoms with Crippen LogP contribution >= 0.6 is 0 Å². The maximum absolute atomic E-state index is 13.0. The van der Waals surface area contributed by atoms with Gasteiger partial charge in [-0.25, -0.2) is 9.48 Å². The van der Waals surface area contributed by atoms with Crippen LogP contribution in [0.2, 0.25) is 0 Å². The number of ether oxygens (including phenoxy) is 1. The molecule has 3 amide bonds. The lowest BCUT2D eigenvalue weighted by molar-refractivity contribution is -0.139. The summed E-state index contributed by atoms with van der Waals surface area (Å²) in [7, 11) is 0. The summed E-state index contributed by atoms with van der Waals surface area (Å²) in [4.78, 5) is 27.4. The molecule has 8 nitrogen and oxygen atoms in total. The van der Waals surface area contributed by atoms with Gasteiger partial charge in [0.1, 0.15) is 11.6 Å². The van der Waals surface area contributed by atoms with Crippen LogP contribution in [0.25, 0.3) is 0 Å². The Morgan fingerprint density at radius 3 is 2.55 bits per heavy atom. The minimum Gasteiger partial charge on any atom is -0.480 e. The molecule has 170 valence electrons. The third-order valence-corrected chi connectivity index (χ3v) is 6.35. The van der Waals surface area contributed by atoms with Crippen LogP contribution in [0.3, 0.4) is 0 Å². The minimum absolute atomic E-state index is 0.0427. The summed E-state index contributed by atoms with van der Waals surface area (Å²) < 4.78 is 7.73. The van der Waals surface area contributed by atoms with Crippen LogP contribution in [0.5, 0.6) is 5.75 Å². The minimum atomic E-state index is -0.439. The average molecular weight is 446 g/mol. The Balaban J connectivity index is 1.17. The van der Waals surface area contributed by atoms with Gasteiger partial charge in [-0.3, -0.25) is 10.1 Å². The molecule has 1 fully saturated rings. The number of nitrogens with zero attached hydrogens (tertiary/aromatic N) is 3. The number of hydrogen-bond donors (Lipinski definition) is 2. The van der Waals surface area contributed by atoms with Gasteiger partial charge in [-0.2, -0.15) is 5.10 Å². The Morgan fingerprint density at radius 1 is 1.00 bits per heavy atom. The molecule has 0 aliphatic carbocycles. The largest absolute Gasteiger partial charge is 0.480 e. The summed E-state index contributed by atoms with van der Waals surface area (Å²) in [5.74, 6) is 1.49. The van der Waals surface area contributed by atoms with Crippen LogP contribution in [-0.2, 0) is 11.2 Å². The van der Waals surface area contributed by atoms with Gasteiger partial charge in [-0.05, 0) is 43.0 Å². The Labute approximate surface area is 192 Å². The van der Waals surface area contributed by atoms with Gasteiger partial charge < -0.3 is 15.0 Å². The molecule has 0 bridgehead atoms. The first kappa shape index (κ1) is 21.1. The van der Waals surface area contributed by atoms with Gasteiger partial charge in [-0.1, -0.05) is 36.4 Å². The van der Waals surface area contributed by atoms with Crippen molar-refractivity contribution in [1.82, 2.24) is 14.7 Å². The van der Waals surface area contributed by atoms with Crippen molar-refractivity contribution in [2.24, 2.45) is 0 Å². The summed E-state index contributed by atoms with van der Waals surface area (Å²) in [6.45, 7) is 3.22. The molecule has 0 spiro atoms. The van der Waals surface area contributed by atoms with Crippen LogP contribution in [0, 0.1) is 6.92 Å². The van der Waals surface area contributed by atoms with E-state index in [1.54, 1.807) is 12.3 Å². The molecule has 0 saturated carbocycles. The Hall–Kier alpha value is -3.81. The van der Waals surface area contributed by atoms with E-state index < -0.39 is 6.10 Å². The molecule has 1 saturated heterocycles. The number of piperidine rings is 1. The quantitative estimate of drug-likeness (QED) is 0.635. The number of carbonyl (C=O) groups is 2. The van der Waals surface area contributed by atoms with E-state index in [4.69, 9.17) is 4.74 Å². The van der Waals surface area contributed by atoms with Crippen molar-refractivity contribution >= 4 is 23.4 Å². The fourth-order valence-electron chi connectivity index (χ4n) is 4.54. The van der Waals surface area contributed by atoms with Crippen LogP contribution < -0.4 is 15.4 Å². The SMILES string of the molecule is Cc1ccccc1NC(=O)Nc1ccnn1C1CCN(C(=O)C2Cc3ccccc3O2)CC1. The molecule has 8 heteroatoms. The fraction of sp³-hybridized carbons (Fsp3) is 0.320. The molecule has 33 heavy (non-hydrogen) atoms. The molecule has 2 aliphatic heterocycles. The monoisotopic (exact) mass is 445 g/mol. The zero-order chi connectivity index (χ0) is 22.8.